The lowest BCUT2D eigenvalue weighted by Gasteiger charge is -2.05. The molecule has 0 amide bonds. The number of thiophene rings is 1. The van der Waals surface area contributed by atoms with Gasteiger partial charge in [-0.3, -0.25) is 0 Å². The fraction of sp³-hybridized carbons (Fsp3) is 0.154. The maximum Gasteiger partial charge on any atom is 0.201 e. The zero-order chi connectivity index (χ0) is 14.3. The molecule has 104 valence electrons. The largest absolute Gasteiger partial charge is 0.369 e. The molecule has 0 aliphatic heterocycles. The van der Waals surface area contributed by atoms with Crippen LogP contribution in [-0.2, 0) is 13.0 Å². The first kappa shape index (κ1) is 13.9. The number of aryl methyl sites for hydroxylation is 2. The molecule has 0 saturated heterocycles. The summed E-state index contributed by atoms with van der Waals surface area (Å²) < 4.78 is 16.4. The number of halogens is 3. The standard InChI is InChI=1S/C13H10BrClFN3S/c14-12-2-1-7(20-12)3-4-19-11-5-8(15)9(16)6-10(11)18-13(19)17/h1-2,5-6H,3-4H2,(H2,17,18). The third-order valence-electron chi connectivity index (χ3n) is 3.03. The van der Waals surface area contributed by atoms with E-state index in [0.29, 0.717) is 18.0 Å². The number of fused-ring (bicyclic) bond motifs is 1. The quantitative estimate of drug-likeness (QED) is 0.734. The van der Waals surface area contributed by atoms with Crippen LogP contribution in [0.15, 0.2) is 28.1 Å². The van der Waals surface area contributed by atoms with Crippen molar-refractivity contribution in [3.8, 4) is 0 Å². The fourth-order valence-corrected chi connectivity index (χ4v) is 3.71. The van der Waals surface area contributed by atoms with E-state index in [9.17, 15) is 4.39 Å². The van der Waals surface area contributed by atoms with Gasteiger partial charge in [0.1, 0.15) is 5.82 Å². The highest BCUT2D eigenvalue weighted by Gasteiger charge is 2.12. The minimum absolute atomic E-state index is 0.0810. The van der Waals surface area contributed by atoms with Crippen molar-refractivity contribution in [2.24, 2.45) is 0 Å². The van der Waals surface area contributed by atoms with Crippen molar-refractivity contribution in [3.63, 3.8) is 0 Å². The predicted molar refractivity (Wildman–Crippen MR) is 84.8 cm³/mol. The zero-order valence-corrected chi connectivity index (χ0v) is 13.4. The van der Waals surface area contributed by atoms with Gasteiger partial charge in [0.2, 0.25) is 5.95 Å². The van der Waals surface area contributed by atoms with E-state index in [1.54, 1.807) is 17.4 Å². The van der Waals surface area contributed by atoms with Crippen molar-refractivity contribution >= 4 is 55.8 Å². The second kappa shape index (κ2) is 5.35. The third-order valence-corrected chi connectivity index (χ3v) is 5.00. The van der Waals surface area contributed by atoms with Crippen LogP contribution in [0, 0.1) is 5.82 Å². The van der Waals surface area contributed by atoms with E-state index in [2.05, 4.69) is 27.0 Å². The summed E-state index contributed by atoms with van der Waals surface area (Å²) in [6.07, 6.45) is 0.834. The number of anilines is 1. The van der Waals surface area contributed by atoms with Crippen molar-refractivity contribution in [2.75, 3.05) is 5.73 Å². The Morgan fingerprint density at radius 1 is 1.40 bits per heavy atom. The normalized spacial score (nSPS) is 11.3. The minimum Gasteiger partial charge on any atom is -0.369 e. The highest BCUT2D eigenvalue weighted by molar-refractivity contribution is 9.11. The summed E-state index contributed by atoms with van der Waals surface area (Å²) in [7, 11) is 0. The molecule has 0 atom stereocenters. The van der Waals surface area contributed by atoms with E-state index in [4.69, 9.17) is 17.3 Å². The van der Waals surface area contributed by atoms with Gasteiger partial charge >= 0.3 is 0 Å². The monoisotopic (exact) mass is 373 g/mol. The molecule has 1 aromatic carbocycles. The first-order valence-electron chi connectivity index (χ1n) is 5.89. The highest BCUT2D eigenvalue weighted by atomic mass is 79.9. The number of imidazole rings is 1. The van der Waals surface area contributed by atoms with Crippen molar-refractivity contribution in [2.45, 2.75) is 13.0 Å². The Balaban J connectivity index is 1.94. The van der Waals surface area contributed by atoms with Crippen LogP contribution in [0.2, 0.25) is 5.02 Å². The summed E-state index contributed by atoms with van der Waals surface area (Å²) in [5.41, 5.74) is 7.18. The van der Waals surface area contributed by atoms with Crippen LogP contribution in [0.3, 0.4) is 0 Å². The van der Waals surface area contributed by atoms with Gasteiger partial charge in [-0.2, -0.15) is 0 Å². The van der Waals surface area contributed by atoms with Crippen LogP contribution >= 0.6 is 38.9 Å². The average molecular weight is 375 g/mol. The summed E-state index contributed by atoms with van der Waals surface area (Å²) in [5.74, 6) is -0.108. The summed E-state index contributed by atoms with van der Waals surface area (Å²) in [5, 5.41) is 0.0810. The summed E-state index contributed by atoms with van der Waals surface area (Å²) in [6.45, 7) is 0.678. The Hall–Kier alpha value is -1.11. The first-order chi connectivity index (χ1) is 9.54. The van der Waals surface area contributed by atoms with Gasteiger partial charge in [-0.1, -0.05) is 11.6 Å². The third kappa shape index (κ3) is 2.55. The van der Waals surface area contributed by atoms with Crippen LogP contribution in [0.5, 0.6) is 0 Å². The van der Waals surface area contributed by atoms with Crippen LogP contribution in [-0.4, -0.2) is 9.55 Å². The first-order valence-corrected chi connectivity index (χ1v) is 7.88. The average Bonchev–Trinajstić information content (AvgIpc) is 2.92. The second-order valence-corrected chi connectivity index (χ2v) is 7.29. The molecule has 0 unspecified atom stereocenters. The SMILES string of the molecule is Nc1nc2cc(F)c(Cl)cc2n1CCc1ccc(Br)s1. The molecule has 2 heterocycles. The predicted octanol–water partition coefficient (Wildman–Crippen LogP) is 4.48. The van der Waals surface area contributed by atoms with Crippen molar-refractivity contribution < 1.29 is 4.39 Å². The molecule has 0 fully saturated rings. The number of nitrogen functional groups attached to an aromatic ring is 1. The molecule has 2 N–H and O–H groups in total. The number of benzene rings is 1. The molecule has 3 aromatic rings. The topological polar surface area (TPSA) is 43.8 Å². The molecule has 0 aliphatic carbocycles. The molecule has 2 aromatic heterocycles. The van der Waals surface area contributed by atoms with Gasteiger partial charge in [0.15, 0.2) is 0 Å². The minimum atomic E-state index is -0.481. The number of rotatable bonds is 3. The number of hydrogen-bond donors (Lipinski definition) is 1. The van der Waals surface area contributed by atoms with Gasteiger partial charge in [-0.05, 0) is 40.5 Å². The Morgan fingerprint density at radius 2 is 2.20 bits per heavy atom. The molecule has 0 spiro atoms. The summed E-state index contributed by atoms with van der Waals surface area (Å²) >= 11 is 10.9. The number of nitrogens with two attached hydrogens (primary N) is 1. The fourth-order valence-electron chi connectivity index (χ4n) is 2.08. The van der Waals surface area contributed by atoms with Gasteiger partial charge in [0.25, 0.3) is 0 Å². The lowest BCUT2D eigenvalue weighted by molar-refractivity contribution is 0.629. The van der Waals surface area contributed by atoms with Crippen LogP contribution in [0.4, 0.5) is 10.3 Å². The molecule has 0 bridgehead atoms. The Labute approximate surface area is 132 Å². The summed E-state index contributed by atoms with van der Waals surface area (Å²) in [6, 6.07) is 6.96. The molecule has 0 saturated carbocycles. The van der Waals surface area contributed by atoms with Crippen molar-refractivity contribution in [3.05, 3.63) is 43.8 Å². The van der Waals surface area contributed by atoms with Gasteiger partial charge in [-0.25, -0.2) is 9.37 Å². The van der Waals surface area contributed by atoms with Crippen LogP contribution in [0.25, 0.3) is 11.0 Å². The van der Waals surface area contributed by atoms with E-state index < -0.39 is 5.82 Å². The molecule has 0 aliphatic rings. The van der Waals surface area contributed by atoms with E-state index in [-0.39, 0.29) is 5.02 Å². The lowest BCUT2D eigenvalue weighted by Crippen LogP contribution is -2.05. The van der Waals surface area contributed by atoms with Crippen LogP contribution < -0.4 is 5.73 Å². The molecule has 3 rings (SSSR count). The van der Waals surface area contributed by atoms with Gasteiger partial charge in [-0.15, -0.1) is 11.3 Å². The smallest absolute Gasteiger partial charge is 0.201 e. The molecule has 0 radical (unpaired) electrons. The van der Waals surface area contributed by atoms with E-state index in [1.165, 1.54) is 10.9 Å². The summed E-state index contributed by atoms with van der Waals surface area (Å²) in [4.78, 5) is 5.41. The molecular weight excluding hydrogens is 365 g/mol. The molecular formula is C13H10BrClFN3S. The van der Waals surface area contributed by atoms with E-state index in [1.807, 2.05) is 10.6 Å². The highest BCUT2D eigenvalue weighted by Crippen LogP contribution is 2.26. The molecule has 7 heteroatoms. The lowest BCUT2D eigenvalue weighted by atomic mass is 10.3. The Bertz CT molecular complexity index is 783. The Morgan fingerprint density at radius 3 is 2.90 bits per heavy atom. The van der Waals surface area contributed by atoms with E-state index in [0.717, 1.165) is 15.7 Å². The number of hydrogen-bond acceptors (Lipinski definition) is 3. The maximum absolute atomic E-state index is 13.4. The molecule has 20 heavy (non-hydrogen) atoms. The second-order valence-electron chi connectivity index (χ2n) is 4.33. The maximum atomic E-state index is 13.4. The van der Waals surface area contributed by atoms with Gasteiger partial charge in [0, 0.05) is 17.5 Å². The zero-order valence-electron chi connectivity index (χ0n) is 10.2. The Kier molecular flexibility index (Phi) is 3.70. The van der Waals surface area contributed by atoms with Gasteiger partial charge < -0.3 is 10.3 Å². The van der Waals surface area contributed by atoms with Crippen molar-refractivity contribution in [1.29, 1.82) is 0 Å². The van der Waals surface area contributed by atoms with Gasteiger partial charge in [0.05, 0.1) is 19.8 Å². The number of nitrogens with zero attached hydrogens (tertiary/aromatic N) is 2. The molecule has 3 nitrogen and oxygen atoms in total. The van der Waals surface area contributed by atoms with Crippen molar-refractivity contribution in [1.82, 2.24) is 9.55 Å². The van der Waals surface area contributed by atoms with Crippen LogP contribution in [0.1, 0.15) is 4.88 Å². The number of aromatic nitrogens is 2. The van der Waals surface area contributed by atoms with E-state index >= 15 is 0 Å².